The summed E-state index contributed by atoms with van der Waals surface area (Å²) >= 11 is 0. The molecule has 0 saturated heterocycles. The molecule has 0 amide bonds. The van der Waals surface area contributed by atoms with Crippen molar-refractivity contribution >= 4 is 0 Å². The fourth-order valence-electron chi connectivity index (χ4n) is 1.36. The van der Waals surface area contributed by atoms with E-state index in [9.17, 15) is 0 Å². The summed E-state index contributed by atoms with van der Waals surface area (Å²) in [5, 5.41) is 16.4. The second kappa shape index (κ2) is 10.9. The van der Waals surface area contributed by atoms with Gasteiger partial charge in [-0.3, -0.25) is 0 Å². The van der Waals surface area contributed by atoms with Crippen molar-refractivity contribution in [3.8, 4) is 0 Å². The zero-order valence-electron chi connectivity index (χ0n) is 11.5. The van der Waals surface area contributed by atoms with E-state index in [-0.39, 0.29) is 6.61 Å². The third-order valence-corrected chi connectivity index (χ3v) is 2.31. The highest BCUT2D eigenvalue weighted by Crippen LogP contribution is 1.92. The summed E-state index contributed by atoms with van der Waals surface area (Å²) in [6.45, 7) is 6.29. The van der Waals surface area contributed by atoms with Crippen molar-refractivity contribution in [2.24, 2.45) is 0 Å². The molecule has 0 unspecified atom stereocenters. The Morgan fingerprint density at radius 2 is 1.68 bits per heavy atom. The first kappa shape index (κ1) is 16.0. The van der Waals surface area contributed by atoms with E-state index in [1.54, 1.807) is 10.9 Å². The van der Waals surface area contributed by atoms with Crippen LogP contribution < -0.4 is 0 Å². The first-order valence-electron chi connectivity index (χ1n) is 6.60. The van der Waals surface area contributed by atoms with Crippen molar-refractivity contribution in [3.63, 3.8) is 0 Å². The maximum absolute atomic E-state index is 8.82. The molecule has 7 heteroatoms. The summed E-state index contributed by atoms with van der Waals surface area (Å²) in [6.07, 6.45) is 2.73. The van der Waals surface area contributed by atoms with E-state index in [2.05, 4.69) is 17.2 Å². The van der Waals surface area contributed by atoms with Crippen molar-refractivity contribution in [1.82, 2.24) is 15.0 Å². The Kier molecular flexibility index (Phi) is 9.17. The second-order valence-corrected chi connectivity index (χ2v) is 3.97. The summed E-state index contributed by atoms with van der Waals surface area (Å²) < 4.78 is 17.6. The van der Waals surface area contributed by atoms with Gasteiger partial charge in [0.1, 0.15) is 5.69 Å². The van der Waals surface area contributed by atoms with Crippen LogP contribution in [0.15, 0.2) is 6.20 Å². The van der Waals surface area contributed by atoms with Gasteiger partial charge in [-0.15, -0.1) is 5.10 Å². The molecule has 0 spiro atoms. The number of rotatable bonds is 12. The zero-order valence-corrected chi connectivity index (χ0v) is 11.5. The van der Waals surface area contributed by atoms with E-state index in [4.69, 9.17) is 19.3 Å². The van der Waals surface area contributed by atoms with Crippen molar-refractivity contribution < 1.29 is 19.3 Å². The van der Waals surface area contributed by atoms with Crippen LogP contribution in [0.2, 0.25) is 0 Å². The lowest BCUT2D eigenvalue weighted by Crippen LogP contribution is -2.12. The fourth-order valence-corrected chi connectivity index (χ4v) is 1.36. The van der Waals surface area contributed by atoms with Crippen molar-refractivity contribution in [1.29, 1.82) is 0 Å². The molecule has 0 aromatic carbocycles. The van der Waals surface area contributed by atoms with E-state index < -0.39 is 0 Å². The van der Waals surface area contributed by atoms with Gasteiger partial charge < -0.3 is 19.3 Å². The molecular weight excluding hydrogens is 250 g/mol. The van der Waals surface area contributed by atoms with Crippen LogP contribution >= 0.6 is 0 Å². The summed E-state index contributed by atoms with van der Waals surface area (Å²) in [7, 11) is 0. The molecule has 0 fully saturated rings. The number of hydrogen-bond acceptors (Lipinski definition) is 6. The summed E-state index contributed by atoms with van der Waals surface area (Å²) in [6, 6.07) is 0. The van der Waals surface area contributed by atoms with Crippen LogP contribution in [-0.4, -0.2) is 59.7 Å². The highest BCUT2D eigenvalue weighted by Gasteiger charge is 1.98. The third-order valence-electron chi connectivity index (χ3n) is 2.31. The Bertz CT molecular complexity index is 320. The quantitative estimate of drug-likeness (QED) is 0.549. The van der Waals surface area contributed by atoms with Gasteiger partial charge in [0, 0.05) is 6.61 Å². The SMILES string of the molecule is CCCOCCOCCOCCn1cc(CO)nn1. The number of nitrogens with zero attached hydrogens (tertiary/aromatic N) is 3. The zero-order chi connectivity index (χ0) is 13.8. The molecule has 0 saturated carbocycles. The topological polar surface area (TPSA) is 78.6 Å². The molecule has 1 rings (SSSR count). The fraction of sp³-hybridized carbons (Fsp3) is 0.833. The lowest BCUT2D eigenvalue weighted by Gasteiger charge is -2.06. The highest BCUT2D eigenvalue weighted by atomic mass is 16.5. The van der Waals surface area contributed by atoms with E-state index in [0.717, 1.165) is 13.0 Å². The van der Waals surface area contributed by atoms with Crippen LogP contribution in [0.25, 0.3) is 0 Å². The minimum absolute atomic E-state index is 0.0885. The molecule has 19 heavy (non-hydrogen) atoms. The number of hydrogen-bond donors (Lipinski definition) is 1. The van der Waals surface area contributed by atoms with Crippen molar-refractivity contribution in [3.05, 3.63) is 11.9 Å². The maximum atomic E-state index is 8.82. The lowest BCUT2D eigenvalue weighted by molar-refractivity contribution is 0.0128. The predicted octanol–water partition coefficient (Wildman–Crippen LogP) is 0.230. The number of ether oxygens (including phenoxy) is 3. The van der Waals surface area contributed by atoms with Crippen LogP contribution in [0.1, 0.15) is 19.0 Å². The molecule has 0 aliphatic carbocycles. The Labute approximate surface area is 113 Å². The molecule has 0 radical (unpaired) electrons. The molecule has 0 aliphatic rings. The van der Waals surface area contributed by atoms with E-state index >= 15 is 0 Å². The van der Waals surface area contributed by atoms with Gasteiger partial charge in [-0.2, -0.15) is 0 Å². The third kappa shape index (κ3) is 7.89. The van der Waals surface area contributed by atoms with Crippen LogP contribution in [-0.2, 0) is 27.4 Å². The van der Waals surface area contributed by atoms with E-state index in [1.165, 1.54) is 0 Å². The molecule has 0 atom stereocenters. The Morgan fingerprint density at radius 3 is 2.26 bits per heavy atom. The van der Waals surface area contributed by atoms with Crippen LogP contribution in [0, 0.1) is 0 Å². The van der Waals surface area contributed by atoms with Gasteiger partial charge in [-0.05, 0) is 6.42 Å². The molecule has 110 valence electrons. The molecular formula is C12H23N3O4. The van der Waals surface area contributed by atoms with Gasteiger partial charge in [0.05, 0.1) is 52.4 Å². The van der Waals surface area contributed by atoms with Gasteiger partial charge in [-0.25, -0.2) is 4.68 Å². The standard InChI is InChI=1S/C12H23N3O4/c1-2-4-17-6-8-19-9-7-18-5-3-15-10-12(11-16)13-14-15/h10,16H,2-9,11H2,1H3. The monoisotopic (exact) mass is 273 g/mol. The van der Waals surface area contributed by atoms with Gasteiger partial charge in [-0.1, -0.05) is 12.1 Å². The lowest BCUT2D eigenvalue weighted by atomic mass is 10.5. The van der Waals surface area contributed by atoms with Crippen LogP contribution in [0.5, 0.6) is 0 Å². The average Bonchev–Trinajstić information content (AvgIpc) is 2.89. The second-order valence-electron chi connectivity index (χ2n) is 3.97. The largest absolute Gasteiger partial charge is 0.390 e. The van der Waals surface area contributed by atoms with Gasteiger partial charge in [0.2, 0.25) is 0 Å². The molecule has 1 N–H and O–H groups in total. The Balaban J connectivity index is 1.86. The normalized spacial score (nSPS) is 11.1. The van der Waals surface area contributed by atoms with E-state index in [1.807, 2.05) is 0 Å². The Hall–Kier alpha value is -1.02. The minimum atomic E-state index is -0.0885. The maximum Gasteiger partial charge on any atom is 0.108 e. The first-order chi connectivity index (χ1) is 9.36. The first-order valence-corrected chi connectivity index (χ1v) is 6.60. The van der Waals surface area contributed by atoms with E-state index in [0.29, 0.717) is 45.3 Å². The molecule has 1 heterocycles. The average molecular weight is 273 g/mol. The summed E-state index contributed by atoms with van der Waals surface area (Å²) in [4.78, 5) is 0. The van der Waals surface area contributed by atoms with Crippen LogP contribution in [0.4, 0.5) is 0 Å². The number of aliphatic hydroxyl groups excluding tert-OH is 1. The van der Waals surface area contributed by atoms with Gasteiger partial charge >= 0.3 is 0 Å². The Morgan fingerprint density at radius 1 is 1.05 bits per heavy atom. The smallest absolute Gasteiger partial charge is 0.108 e. The summed E-state index contributed by atoms with van der Waals surface area (Å²) in [5.41, 5.74) is 0.565. The number of aromatic nitrogens is 3. The molecule has 0 bridgehead atoms. The molecule has 1 aromatic rings. The van der Waals surface area contributed by atoms with Crippen LogP contribution in [0.3, 0.4) is 0 Å². The number of aliphatic hydroxyl groups is 1. The van der Waals surface area contributed by atoms with Crippen molar-refractivity contribution in [2.45, 2.75) is 26.5 Å². The molecule has 7 nitrogen and oxygen atoms in total. The van der Waals surface area contributed by atoms with Crippen molar-refractivity contribution in [2.75, 3.05) is 39.6 Å². The minimum Gasteiger partial charge on any atom is -0.390 e. The van der Waals surface area contributed by atoms with Gasteiger partial charge in [0.25, 0.3) is 0 Å². The molecule has 1 aromatic heterocycles. The molecule has 0 aliphatic heterocycles. The predicted molar refractivity (Wildman–Crippen MR) is 68.7 cm³/mol. The highest BCUT2D eigenvalue weighted by molar-refractivity contribution is 4.88. The summed E-state index contributed by atoms with van der Waals surface area (Å²) in [5.74, 6) is 0. The van der Waals surface area contributed by atoms with Gasteiger partial charge in [0.15, 0.2) is 0 Å².